The van der Waals surface area contributed by atoms with Gasteiger partial charge in [0.1, 0.15) is 6.04 Å². The first kappa shape index (κ1) is 21.6. The Morgan fingerprint density at radius 2 is 1.88 bits per heavy atom. The molecule has 0 aromatic heterocycles. The van der Waals surface area contributed by atoms with Crippen LogP contribution in [0.3, 0.4) is 0 Å². The number of nitro benzene ring substituents is 1. The number of non-ortho nitro benzene ring substituents is 1. The van der Waals surface area contributed by atoms with Gasteiger partial charge in [-0.1, -0.05) is 57.6 Å². The number of amides is 1. The maximum absolute atomic E-state index is 12.2. The largest absolute Gasteiger partial charge is 0.467 e. The van der Waals surface area contributed by atoms with Crippen molar-refractivity contribution in [1.29, 1.82) is 0 Å². The predicted molar refractivity (Wildman–Crippen MR) is 98.7 cm³/mol. The fourth-order valence-corrected chi connectivity index (χ4v) is 2.73. The predicted octanol–water partition coefficient (Wildman–Crippen LogP) is 3.55. The summed E-state index contributed by atoms with van der Waals surface area (Å²) in [4.78, 5) is 34.4. The maximum Gasteiger partial charge on any atom is 0.328 e. The Bertz CT molecular complexity index is 603. The molecule has 144 valence electrons. The van der Waals surface area contributed by atoms with E-state index in [4.69, 9.17) is 4.74 Å². The molecule has 0 saturated carbocycles. The molecule has 1 atom stereocenters. The van der Waals surface area contributed by atoms with Crippen LogP contribution in [0, 0.1) is 10.1 Å². The van der Waals surface area contributed by atoms with Crippen molar-refractivity contribution in [3.8, 4) is 0 Å². The first-order valence-electron chi connectivity index (χ1n) is 9.08. The van der Waals surface area contributed by atoms with Gasteiger partial charge in [0.05, 0.1) is 18.5 Å². The fourth-order valence-electron chi connectivity index (χ4n) is 2.73. The minimum atomic E-state index is -0.683. The number of nitrogens with zero attached hydrogens (tertiary/aromatic N) is 1. The molecule has 26 heavy (non-hydrogen) atoms. The third-order valence-corrected chi connectivity index (χ3v) is 4.15. The van der Waals surface area contributed by atoms with Gasteiger partial charge < -0.3 is 10.1 Å². The maximum atomic E-state index is 12.2. The van der Waals surface area contributed by atoms with Gasteiger partial charge in [0, 0.05) is 12.1 Å². The summed E-state index contributed by atoms with van der Waals surface area (Å²) in [6.45, 7) is 2.16. The van der Waals surface area contributed by atoms with E-state index in [1.54, 1.807) is 6.07 Å². The van der Waals surface area contributed by atoms with Crippen LogP contribution in [0.4, 0.5) is 5.69 Å². The summed E-state index contributed by atoms with van der Waals surface area (Å²) in [5.74, 6) is -0.821. The highest BCUT2D eigenvalue weighted by atomic mass is 16.6. The number of rotatable bonds is 12. The molecule has 0 saturated heterocycles. The number of methoxy groups -OCH3 is 1. The number of nitrogens with one attached hydrogen (secondary N) is 1. The molecule has 0 radical (unpaired) electrons. The number of ether oxygens (including phenoxy) is 1. The van der Waals surface area contributed by atoms with Crippen molar-refractivity contribution in [2.75, 3.05) is 7.11 Å². The number of benzene rings is 1. The normalized spacial score (nSPS) is 11.6. The molecule has 1 aromatic carbocycles. The number of nitro groups is 1. The average molecular weight is 364 g/mol. The lowest BCUT2D eigenvalue weighted by Crippen LogP contribution is -2.42. The monoisotopic (exact) mass is 364 g/mol. The Labute approximate surface area is 154 Å². The molecule has 0 unspecified atom stereocenters. The molecule has 1 aromatic rings. The Hall–Kier alpha value is -2.44. The molecule has 0 heterocycles. The first-order valence-corrected chi connectivity index (χ1v) is 9.08. The fraction of sp³-hybridized carbons (Fsp3) is 0.579. The molecular weight excluding hydrogens is 336 g/mol. The third kappa shape index (κ3) is 8.09. The molecule has 0 aliphatic rings. The van der Waals surface area contributed by atoms with E-state index >= 15 is 0 Å². The Morgan fingerprint density at radius 1 is 1.19 bits per heavy atom. The summed E-state index contributed by atoms with van der Waals surface area (Å²) in [6, 6.07) is 5.23. The van der Waals surface area contributed by atoms with E-state index in [2.05, 4.69) is 12.2 Å². The standard InChI is InChI=1S/C19H28N2O5/c1-3-4-5-6-7-8-12-17(19(23)26-2)20-18(22)14-15-10-9-11-16(13-15)21(24)25/h9-11,13,17H,3-8,12,14H2,1-2H3,(H,20,22)/t17-/m1/s1. The summed E-state index contributed by atoms with van der Waals surface area (Å²) < 4.78 is 4.77. The first-order chi connectivity index (χ1) is 12.5. The summed E-state index contributed by atoms with van der Waals surface area (Å²) in [5, 5.41) is 13.5. The molecule has 0 spiro atoms. The third-order valence-electron chi connectivity index (χ3n) is 4.15. The second kappa shape index (κ2) is 12.0. The van der Waals surface area contributed by atoms with Gasteiger partial charge in [-0.25, -0.2) is 4.79 Å². The molecule has 1 rings (SSSR count). The lowest BCUT2D eigenvalue weighted by atomic mass is 10.0. The van der Waals surface area contributed by atoms with Crippen LogP contribution in [0.1, 0.15) is 57.4 Å². The zero-order valence-corrected chi connectivity index (χ0v) is 15.5. The smallest absolute Gasteiger partial charge is 0.328 e. The zero-order valence-electron chi connectivity index (χ0n) is 15.5. The van der Waals surface area contributed by atoms with Crippen molar-refractivity contribution in [2.45, 2.75) is 64.3 Å². The highest BCUT2D eigenvalue weighted by Gasteiger charge is 2.21. The molecule has 1 amide bonds. The van der Waals surface area contributed by atoms with Crippen LogP contribution >= 0.6 is 0 Å². The van der Waals surface area contributed by atoms with Crippen LogP contribution in [0.2, 0.25) is 0 Å². The van der Waals surface area contributed by atoms with Crippen LogP contribution in [-0.4, -0.2) is 30.0 Å². The molecule has 0 bridgehead atoms. The van der Waals surface area contributed by atoms with Crippen LogP contribution in [0.15, 0.2) is 24.3 Å². The minimum absolute atomic E-state index is 0.0221. The molecule has 0 aliphatic carbocycles. The highest BCUT2D eigenvalue weighted by molar-refractivity contribution is 5.85. The Kier molecular flexibility index (Phi) is 9.97. The van der Waals surface area contributed by atoms with Crippen LogP contribution in [0.25, 0.3) is 0 Å². The second-order valence-corrected chi connectivity index (χ2v) is 6.30. The molecule has 1 N–H and O–H groups in total. The zero-order chi connectivity index (χ0) is 19.4. The average Bonchev–Trinajstić information content (AvgIpc) is 2.63. The van der Waals surface area contributed by atoms with E-state index in [9.17, 15) is 19.7 Å². The second-order valence-electron chi connectivity index (χ2n) is 6.30. The molecular formula is C19H28N2O5. The summed E-state index contributed by atoms with van der Waals surface area (Å²) in [5.41, 5.74) is 0.465. The van der Waals surface area contributed by atoms with Gasteiger partial charge in [-0.05, 0) is 12.0 Å². The van der Waals surface area contributed by atoms with Gasteiger partial charge in [0.15, 0.2) is 0 Å². The topological polar surface area (TPSA) is 98.5 Å². The number of hydrogen-bond acceptors (Lipinski definition) is 5. The number of carbonyl (C=O) groups is 2. The number of esters is 1. The molecule has 7 heteroatoms. The lowest BCUT2D eigenvalue weighted by Gasteiger charge is -2.16. The summed E-state index contributed by atoms with van der Waals surface area (Å²) in [7, 11) is 1.29. The van der Waals surface area contributed by atoms with Gasteiger partial charge in [-0.15, -0.1) is 0 Å². The highest BCUT2D eigenvalue weighted by Crippen LogP contribution is 2.14. The quantitative estimate of drug-likeness (QED) is 0.265. The van der Waals surface area contributed by atoms with E-state index in [1.807, 2.05) is 0 Å². The molecule has 0 aliphatic heterocycles. The van der Waals surface area contributed by atoms with E-state index in [-0.39, 0.29) is 18.0 Å². The molecule has 0 fully saturated rings. The van der Waals surface area contributed by atoms with E-state index in [0.29, 0.717) is 12.0 Å². The van der Waals surface area contributed by atoms with Gasteiger partial charge in [0.25, 0.3) is 5.69 Å². The summed E-state index contributed by atoms with van der Waals surface area (Å²) >= 11 is 0. The van der Waals surface area contributed by atoms with Gasteiger partial charge in [0.2, 0.25) is 5.91 Å². The van der Waals surface area contributed by atoms with Crippen molar-refractivity contribution >= 4 is 17.6 Å². The van der Waals surface area contributed by atoms with Crippen LogP contribution in [-0.2, 0) is 20.7 Å². The lowest BCUT2D eigenvalue weighted by molar-refractivity contribution is -0.384. The van der Waals surface area contributed by atoms with E-state index in [0.717, 1.165) is 19.3 Å². The number of carbonyl (C=O) groups excluding carboxylic acids is 2. The van der Waals surface area contributed by atoms with E-state index < -0.39 is 16.9 Å². The minimum Gasteiger partial charge on any atom is -0.467 e. The van der Waals surface area contributed by atoms with Gasteiger partial charge >= 0.3 is 5.97 Å². The van der Waals surface area contributed by atoms with Crippen molar-refractivity contribution < 1.29 is 19.2 Å². The van der Waals surface area contributed by atoms with Gasteiger partial charge in [-0.3, -0.25) is 14.9 Å². The Balaban J connectivity index is 2.53. The van der Waals surface area contributed by atoms with Crippen molar-refractivity contribution in [1.82, 2.24) is 5.32 Å². The summed E-state index contributed by atoms with van der Waals surface area (Å²) in [6.07, 6.45) is 7.03. The molecule has 7 nitrogen and oxygen atoms in total. The number of hydrogen-bond donors (Lipinski definition) is 1. The van der Waals surface area contributed by atoms with Crippen molar-refractivity contribution in [3.05, 3.63) is 39.9 Å². The van der Waals surface area contributed by atoms with Gasteiger partial charge in [-0.2, -0.15) is 0 Å². The van der Waals surface area contributed by atoms with Crippen LogP contribution < -0.4 is 5.32 Å². The van der Waals surface area contributed by atoms with E-state index in [1.165, 1.54) is 44.6 Å². The number of unbranched alkanes of at least 4 members (excludes halogenated alkanes) is 5. The van der Waals surface area contributed by atoms with Crippen molar-refractivity contribution in [3.63, 3.8) is 0 Å². The van der Waals surface area contributed by atoms with Crippen LogP contribution in [0.5, 0.6) is 0 Å². The Morgan fingerprint density at radius 3 is 2.54 bits per heavy atom. The van der Waals surface area contributed by atoms with Crippen molar-refractivity contribution in [2.24, 2.45) is 0 Å². The SMILES string of the molecule is CCCCCCCC[C@@H](NC(=O)Cc1cccc([N+](=O)[O-])c1)C(=O)OC.